The van der Waals surface area contributed by atoms with Gasteiger partial charge in [0.15, 0.2) is 0 Å². The molecule has 0 bridgehead atoms. The molecule has 0 spiro atoms. The number of nitrogens with one attached hydrogen (secondary N) is 3. The van der Waals surface area contributed by atoms with Crippen molar-refractivity contribution >= 4 is 40.7 Å². The number of likely N-dealkylation sites (N-methyl/N-ethyl adjacent to an activating group) is 1. The third-order valence-corrected chi connectivity index (χ3v) is 6.57. The van der Waals surface area contributed by atoms with Gasteiger partial charge in [-0.3, -0.25) is 14.4 Å². The molecule has 1 aromatic heterocycles. The molecule has 3 heterocycles. The minimum absolute atomic E-state index is 0.00549. The summed E-state index contributed by atoms with van der Waals surface area (Å²) < 4.78 is 14.5. The normalized spacial score (nSPS) is 16.2. The molecule has 2 aliphatic rings. The number of carbonyl (C=O) groups is 3. The Morgan fingerprint density at radius 1 is 1.26 bits per heavy atom. The molecule has 0 saturated carbocycles. The van der Waals surface area contributed by atoms with Gasteiger partial charge in [0, 0.05) is 49.9 Å². The molecular weight excluding hydrogens is 437 g/mol. The quantitative estimate of drug-likeness (QED) is 0.545. The molecule has 0 fully saturated rings. The van der Waals surface area contributed by atoms with E-state index in [0.717, 1.165) is 30.9 Å². The van der Waals surface area contributed by atoms with Crippen molar-refractivity contribution < 1.29 is 18.8 Å². The van der Waals surface area contributed by atoms with E-state index in [1.54, 1.807) is 6.08 Å². The van der Waals surface area contributed by atoms with E-state index in [4.69, 9.17) is 0 Å². The van der Waals surface area contributed by atoms with Crippen LogP contribution in [0.15, 0.2) is 12.1 Å². The first-order valence-electron chi connectivity index (χ1n) is 11.6. The Labute approximate surface area is 198 Å². The first-order chi connectivity index (χ1) is 16.2. The lowest BCUT2D eigenvalue weighted by molar-refractivity contribution is -0.114. The highest BCUT2D eigenvalue weighted by atomic mass is 19.1. The summed E-state index contributed by atoms with van der Waals surface area (Å²) in [6.45, 7) is 11.4. The standard InChI is InChI=1S/C25H30FN5O3/c1-5-30(6-2)9-10-31-8-7-19-23(25(31)34)14(3)20(28-19)12-17-16-11-18(26)22(27-15(4)32)13-21(16)29-24(17)33/h11-13,28H,5-10H2,1-4H3,(H,27,32)(H,29,33)/b17-12+. The van der Waals surface area contributed by atoms with Crippen molar-refractivity contribution in [3.8, 4) is 0 Å². The van der Waals surface area contributed by atoms with Crippen LogP contribution in [0.3, 0.4) is 0 Å². The topological polar surface area (TPSA) is 97.5 Å². The minimum Gasteiger partial charge on any atom is -0.358 e. The van der Waals surface area contributed by atoms with Gasteiger partial charge in [-0.1, -0.05) is 13.8 Å². The molecule has 2 aromatic rings. The van der Waals surface area contributed by atoms with Crippen LogP contribution >= 0.6 is 0 Å². The third kappa shape index (κ3) is 4.35. The molecular formula is C25H30FN5O3. The number of nitrogens with zero attached hydrogens (tertiary/aromatic N) is 2. The van der Waals surface area contributed by atoms with Crippen LogP contribution < -0.4 is 10.6 Å². The second-order valence-electron chi connectivity index (χ2n) is 8.66. The van der Waals surface area contributed by atoms with Crippen molar-refractivity contribution in [3.05, 3.63) is 46.0 Å². The first kappa shape index (κ1) is 23.7. The molecule has 3 amide bonds. The molecule has 0 unspecified atom stereocenters. The molecule has 0 atom stereocenters. The zero-order chi connectivity index (χ0) is 24.6. The Morgan fingerprint density at radius 2 is 2.00 bits per heavy atom. The molecule has 180 valence electrons. The summed E-state index contributed by atoms with van der Waals surface area (Å²) in [4.78, 5) is 44.7. The number of aromatic amines is 1. The van der Waals surface area contributed by atoms with E-state index in [-0.39, 0.29) is 17.5 Å². The van der Waals surface area contributed by atoms with Gasteiger partial charge in [0.05, 0.1) is 22.5 Å². The maximum atomic E-state index is 14.5. The Kier molecular flexibility index (Phi) is 6.56. The highest BCUT2D eigenvalue weighted by molar-refractivity contribution is 6.35. The van der Waals surface area contributed by atoms with E-state index in [2.05, 4.69) is 34.4 Å². The van der Waals surface area contributed by atoms with Gasteiger partial charge in [-0.05, 0) is 43.8 Å². The number of hydrogen-bond acceptors (Lipinski definition) is 4. The number of H-pyrrole nitrogens is 1. The number of benzene rings is 1. The number of rotatable bonds is 7. The van der Waals surface area contributed by atoms with Crippen LogP contribution in [-0.2, 0) is 16.0 Å². The summed E-state index contributed by atoms with van der Waals surface area (Å²) in [6.07, 6.45) is 2.38. The van der Waals surface area contributed by atoms with Gasteiger partial charge in [0.25, 0.3) is 11.8 Å². The lowest BCUT2D eigenvalue weighted by atomic mass is 10.0. The monoisotopic (exact) mass is 467 g/mol. The number of anilines is 2. The predicted molar refractivity (Wildman–Crippen MR) is 130 cm³/mol. The van der Waals surface area contributed by atoms with Gasteiger partial charge < -0.3 is 25.4 Å². The van der Waals surface area contributed by atoms with Gasteiger partial charge in [-0.25, -0.2) is 4.39 Å². The van der Waals surface area contributed by atoms with E-state index in [9.17, 15) is 18.8 Å². The maximum Gasteiger partial charge on any atom is 0.256 e. The van der Waals surface area contributed by atoms with Crippen molar-refractivity contribution in [3.63, 3.8) is 0 Å². The number of fused-ring (bicyclic) bond motifs is 2. The highest BCUT2D eigenvalue weighted by Crippen LogP contribution is 2.37. The van der Waals surface area contributed by atoms with Crippen molar-refractivity contribution in [2.75, 3.05) is 43.4 Å². The highest BCUT2D eigenvalue weighted by Gasteiger charge is 2.31. The smallest absolute Gasteiger partial charge is 0.256 e. The average Bonchev–Trinajstić information content (AvgIpc) is 3.27. The third-order valence-electron chi connectivity index (χ3n) is 6.57. The van der Waals surface area contributed by atoms with Crippen molar-refractivity contribution in [1.29, 1.82) is 0 Å². The van der Waals surface area contributed by atoms with E-state index in [1.807, 2.05) is 11.8 Å². The molecule has 8 nitrogen and oxygen atoms in total. The zero-order valence-electron chi connectivity index (χ0n) is 20.0. The molecule has 0 aliphatic carbocycles. The summed E-state index contributed by atoms with van der Waals surface area (Å²) in [5.74, 6) is -1.40. The van der Waals surface area contributed by atoms with Gasteiger partial charge in [-0.2, -0.15) is 0 Å². The maximum absolute atomic E-state index is 14.5. The molecule has 4 rings (SSSR count). The second-order valence-corrected chi connectivity index (χ2v) is 8.66. The van der Waals surface area contributed by atoms with Crippen molar-refractivity contribution in [1.82, 2.24) is 14.8 Å². The molecule has 2 aliphatic heterocycles. The van der Waals surface area contributed by atoms with Crippen LogP contribution in [0, 0.1) is 12.7 Å². The fourth-order valence-corrected chi connectivity index (χ4v) is 4.61. The van der Waals surface area contributed by atoms with Crippen LogP contribution in [0.1, 0.15) is 53.6 Å². The van der Waals surface area contributed by atoms with Crippen molar-refractivity contribution in [2.45, 2.75) is 34.1 Å². The molecule has 34 heavy (non-hydrogen) atoms. The predicted octanol–water partition coefficient (Wildman–Crippen LogP) is 3.25. The lowest BCUT2D eigenvalue weighted by Gasteiger charge is -2.29. The summed E-state index contributed by atoms with van der Waals surface area (Å²) in [6, 6.07) is 2.65. The number of aromatic nitrogens is 1. The Bertz CT molecular complexity index is 1200. The summed E-state index contributed by atoms with van der Waals surface area (Å²) in [7, 11) is 0. The molecule has 1 aromatic carbocycles. The van der Waals surface area contributed by atoms with Crippen LogP contribution in [-0.4, -0.2) is 65.2 Å². The van der Waals surface area contributed by atoms with Crippen LogP contribution in [0.2, 0.25) is 0 Å². The Balaban J connectivity index is 1.63. The summed E-state index contributed by atoms with van der Waals surface area (Å²) >= 11 is 0. The average molecular weight is 468 g/mol. The minimum atomic E-state index is -0.627. The zero-order valence-corrected chi connectivity index (χ0v) is 20.0. The molecule has 9 heteroatoms. The Hall–Kier alpha value is -3.46. The van der Waals surface area contributed by atoms with E-state index in [0.29, 0.717) is 47.6 Å². The van der Waals surface area contributed by atoms with Crippen LogP contribution in [0.4, 0.5) is 15.8 Å². The summed E-state index contributed by atoms with van der Waals surface area (Å²) in [5, 5.41) is 5.15. The summed E-state index contributed by atoms with van der Waals surface area (Å²) in [5.41, 5.74) is 4.10. The number of halogens is 1. The second kappa shape index (κ2) is 9.42. The fraction of sp³-hybridized carbons (Fsp3) is 0.400. The van der Waals surface area contributed by atoms with E-state index >= 15 is 0 Å². The lowest BCUT2D eigenvalue weighted by Crippen LogP contribution is -2.42. The van der Waals surface area contributed by atoms with Gasteiger partial charge >= 0.3 is 0 Å². The molecule has 3 N–H and O–H groups in total. The fourth-order valence-electron chi connectivity index (χ4n) is 4.61. The number of carbonyl (C=O) groups excluding carboxylic acids is 3. The largest absolute Gasteiger partial charge is 0.358 e. The van der Waals surface area contributed by atoms with Gasteiger partial charge in [-0.15, -0.1) is 0 Å². The Morgan fingerprint density at radius 3 is 2.68 bits per heavy atom. The molecule has 0 radical (unpaired) electrons. The first-order valence-corrected chi connectivity index (χ1v) is 11.6. The van der Waals surface area contributed by atoms with Gasteiger partial charge in [0.2, 0.25) is 5.91 Å². The van der Waals surface area contributed by atoms with Crippen LogP contribution in [0.25, 0.3) is 11.6 Å². The molecule has 0 saturated heterocycles. The van der Waals surface area contributed by atoms with Crippen molar-refractivity contribution in [2.24, 2.45) is 0 Å². The number of amides is 3. The SMILES string of the molecule is CCN(CC)CCN1CCc2[nH]c(/C=C3/C(=O)Nc4cc(NC(C)=O)c(F)cc43)c(C)c2C1=O. The van der Waals surface area contributed by atoms with Gasteiger partial charge in [0.1, 0.15) is 5.82 Å². The van der Waals surface area contributed by atoms with E-state index in [1.165, 1.54) is 19.1 Å². The number of hydrogen-bond donors (Lipinski definition) is 3. The van der Waals surface area contributed by atoms with E-state index < -0.39 is 11.7 Å². The van der Waals surface area contributed by atoms with Crippen LogP contribution in [0.5, 0.6) is 0 Å².